The Morgan fingerprint density at radius 2 is 1.42 bits per heavy atom. The standard InChI is InChI=1S/C21H22N2O/c1-12(10-22)13-2-4-15-18-7-6-17(19(15)8-13)16-5-3-14(9-20(16)18)21(24)11-23/h2-5,8-9,17-18H,1,6-7,10-11,22-23H2. The maximum Gasteiger partial charge on any atom is 0.176 e. The molecular weight excluding hydrogens is 296 g/mol. The van der Waals surface area contributed by atoms with E-state index in [9.17, 15) is 4.79 Å². The number of nitrogens with two attached hydrogens (primary N) is 2. The van der Waals surface area contributed by atoms with E-state index in [1.54, 1.807) is 0 Å². The average Bonchev–Trinajstić information content (AvgIpc) is 2.66. The van der Waals surface area contributed by atoms with Gasteiger partial charge < -0.3 is 11.5 Å². The second kappa shape index (κ2) is 5.69. The van der Waals surface area contributed by atoms with Crippen molar-refractivity contribution in [1.29, 1.82) is 0 Å². The van der Waals surface area contributed by atoms with E-state index in [4.69, 9.17) is 11.5 Å². The van der Waals surface area contributed by atoms with Crippen molar-refractivity contribution in [2.75, 3.05) is 13.1 Å². The number of benzene rings is 2. The van der Waals surface area contributed by atoms with Crippen LogP contribution in [-0.2, 0) is 0 Å². The summed E-state index contributed by atoms with van der Waals surface area (Å²) < 4.78 is 0. The molecule has 2 aromatic rings. The van der Waals surface area contributed by atoms with Crippen LogP contribution >= 0.6 is 0 Å². The fraction of sp³-hybridized carbons (Fsp3) is 0.286. The van der Waals surface area contributed by atoms with Gasteiger partial charge >= 0.3 is 0 Å². The van der Waals surface area contributed by atoms with Crippen molar-refractivity contribution in [3.63, 3.8) is 0 Å². The quantitative estimate of drug-likeness (QED) is 0.851. The lowest BCUT2D eigenvalue weighted by Gasteiger charge is -2.41. The molecule has 24 heavy (non-hydrogen) atoms. The van der Waals surface area contributed by atoms with Gasteiger partial charge in [0.15, 0.2) is 5.78 Å². The number of ketones is 1. The molecule has 0 spiro atoms. The zero-order valence-electron chi connectivity index (χ0n) is 13.7. The summed E-state index contributed by atoms with van der Waals surface area (Å²) in [6.07, 6.45) is 2.30. The molecule has 3 nitrogen and oxygen atoms in total. The second-order valence-electron chi connectivity index (χ2n) is 6.80. The Bertz CT molecular complexity index is 781. The van der Waals surface area contributed by atoms with Gasteiger partial charge in [-0.15, -0.1) is 0 Å². The van der Waals surface area contributed by atoms with Crippen molar-refractivity contribution in [1.82, 2.24) is 0 Å². The van der Waals surface area contributed by atoms with Crippen LogP contribution in [0.1, 0.15) is 62.9 Å². The number of carbonyl (C=O) groups is 1. The molecular formula is C21H22N2O. The van der Waals surface area contributed by atoms with Crippen molar-refractivity contribution in [3.8, 4) is 0 Å². The second-order valence-corrected chi connectivity index (χ2v) is 6.80. The first kappa shape index (κ1) is 15.3. The molecule has 0 radical (unpaired) electrons. The Morgan fingerprint density at radius 3 is 1.96 bits per heavy atom. The van der Waals surface area contributed by atoms with Gasteiger partial charge in [-0.05, 0) is 52.3 Å². The largest absolute Gasteiger partial charge is 0.326 e. The lowest BCUT2D eigenvalue weighted by molar-refractivity contribution is 0.100. The molecule has 0 aliphatic heterocycles. The molecule has 3 aliphatic rings. The van der Waals surface area contributed by atoms with E-state index in [0.717, 1.165) is 29.5 Å². The number of carbonyl (C=O) groups excluding carboxylic acids is 1. The minimum Gasteiger partial charge on any atom is -0.326 e. The molecule has 2 bridgehead atoms. The zero-order valence-corrected chi connectivity index (χ0v) is 13.7. The summed E-state index contributed by atoms with van der Waals surface area (Å²) in [6.45, 7) is 4.61. The average molecular weight is 318 g/mol. The smallest absolute Gasteiger partial charge is 0.176 e. The lowest BCUT2D eigenvalue weighted by Crippen LogP contribution is -2.26. The number of fused-ring (bicyclic) bond motifs is 1. The van der Waals surface area contributed by atoms with E-state index >= 15 is 0 Å². The van der Waals surface area contributed by atoms with Gasteiger partial charge in [-0.2, -0.15) is 0 Å². The molecule has 2 unspecified atom stereocenters. The molecule has 0 amide bonds. The predicted octanol–water partition coefficient (Wildman–Crippen LogP) is 3.17. The van der Waals surface area contributed by atoms with Crippen molar-refractivity contribution < 1.29 is 4.79 Å². The van der Waals surface area contributed by atoms with Gasteiger partial charge in [-0.1, -0.05) is 36.9 Å². The summed E-state index contributed by atoms with van der Waals surface area (Å²) in [5, 5.41) is 0. The van der Waals surface area contributed by atoms with Crippen molar-refractivity contribution in [2.45, 2.75) is 24.7 Å². The Hall–Kier alpha value is -2.23. The van der Waals surface area contributed by atoms with Crippen LogP contribution in [0.4, 0.5) is 0 Å². The number of rotatable bonds is 4. The van der Waals surface area contributed by atoms with Gasteiger partial charge in [-0.25, -0.2) is 0 Å². The fourth-order valence-corrected chi connectivity index (χ4v) is 4.31. The van der Waals surface area contributed by atoms with E-state index in [0.29, 0.717) is 18.4 Å². The molecule has 2 atom stereocenters. The third-order valence-electron chi connectivity index (χ3n) is 5.58. The van der Waals surface area contributed by atoms with Crippen LogP contribution in [0.2, 0.25) is 0 Å². The summed E-state index contributed by atoms with van der Waals surface area (Å²) in [5.41, 5.74) is 19.6. The van der Waals surface area contributed by atoms with E-state index in [1.165, 1.54) is 22.3 Å². The number of Topliss-reactive ketones (excluding diaryl/α,β-unsaturated/α-hetero) is 1. The normalized spacial score (nSPS) is 20.4. The minimum absolute atomic E-state index is 0.00839. The topological polar surface area (TPSA) is 69.1 Å². The van der Waals surface area contributed by atoms with Crippen molar-refractivity contribution in [2.24, 2.45) is 11.5 Å². The molecule has 2 aromatic carbocycles. The Morgan fingerprint density at radius 1 is 0.875 bits per heavy atom. The molecule has 4 N–H and O–H groups in total. The van der Waals surface area contributed by atoms with Gasteiger partial charge in [-0.3, -0.25) is 4.79 Å². The number of hydrogen-bond donors (Lipinski definition) is 2. The van der Waals surface area contributed by atoms with E-state index in [2.05, 4.69) is 36.9 Å². The van der Waals surface area contributed by atoms with Gasteiger partial charge in [0.2, 0.25) is 0 Å². The highest BCUT2D eigenvalue weighted by Gasteiger charge is 2.37. The summed E-state index contributed by atoms with van der Waals surface area (Å²) in [6, 6.07) is 12.7. The predicted molar refractivity (Wildman–Crippen MR) is 97.3 cm³/mol. The van der Waals surface area contributed by atoms with Gasteiger partial charge in [0.25, 0.3) is 0 Å². The lowest BCUT2D eigenvalue weighted by atomic mass is 9.63. The first-order valence-corrected chi connectivity index (χ1v) is 8.53. The molecule has 3 heteroatoms. The molecule has 0 saturated carbocycles. The molecule has 3 aliphatic carbocycles. The first-order chi connectivity index (χ1) is 11.6. The molecule has 0 aromatic heterocycles. The van der Waals surface area contributed by atoms with Gasteiger partial charge in [0.1, 0.15) is 0 Å². The molecule has 122 valence electrons. The highest BCUT2D eigenvalue weighted by molar-refractivity contribution is 5.97. The first-order valence-electron chi connectivity index (χ1n) is 8.53. The molecule has 0 heterocycles. The van der Waals surface area contributed by atoms with Crippen LogP contribution in [0.5, 0.6) is 0 Å². The van der Waals surface area contributed by atoms with Crippen LogP contribution in [0.25, 0.3) is 5.57 Å². The third-order valence-corrected chi connectivity index (χ3v) is 5.58. The summed E-state index contributed by atoms with van der Waals surface area (Å²) >= 11 is 0. The van der Waals surface area contributed by atoms with Crippen LogP contribution in [0.15, 0.2) is 43.0 Å². The Kier molecular flexibility index (Phi) is 3.63. The molecule has 0 saturated heterocycles. The van der Waals surface area contributed by atoms with Crippen LogP contribution in [0, 0.1) is 0 Å². The zero-order chi connectivity index (χ0) is 16.8. The van der Waals surface area contributed by atoms with Gasteiger partial charge in [0.05, 0.1) is 6.54 Å². The van der Waals surface area contributed by atoms with Gasteiger partial charge in [0, 0.05) is 23.9 Å². The summed E-state index contributed by atoms with van der Waals surface area (Å²) in [7, 11) is 0. The third kappa shape index (κ3) is 2.16. The Labute approximate surface area is 142 Å². The molecule has 0 fully saturated rings. The monoisotopic (exact) mass is 318 g/mol. The van der Waals surface area contributed by atoms with E-state index in [-0.39, 0.29) is 12.3 Å². The van der Waals surface area contributed by atoms with E-state index < -0.39 is 0 Å². The SMILES string of the molecule is C=C(CN)c1ccc2c(c1)C1CCC2c2cc(C(=O)CN)ccc21. The van der Waals surface area contributed by atoms with Crippen LogP contribution < -0.4 is 11.5 Å². The summed E-state index contributed by atoms with van der Waals surface area (Å²) in [5.74, 6) is 0.798. The maximum absolute atomic E-state index is 12.0. The summed E-state index contributed by atoms with van der Waals surface area (Å²) in [4.78, 5) is 12.0. The van der Waals surface area contributed by atoms with Crippen LogP contribution in [0.3, 0.4) is 0 Å². The van der Waals surface area contributed by atoms with Crippen molar-refractivity contribution >= 4 is 11.4 Å². The number of hydrogen-bond acceptors (Lipinski definition) is 3. The van der Waals surface area contributed by atoms with E-state index in [1.807, 2.05) is 6.07 Å². The van der Waals surface area contributed by atoms with Crippen LogP contribution in [-0.4, -0.2) is 18.9 Å². The highest BCUT2D eigenvalue weighted by atomic mass is 16.1. The Balaban J connectivity index is 1.82. The van der Waals surface area contributed by atoms with Crippen molar-refractivity contribution in [3.05, 3.63) is 76.4 Å². The maximum atomic E-state index is 12.0. The minimum atomic E-state index is 0.00839. The molecule has 5 rings (SSSR count). The highest BCUT2D eigenvalue weighted by Crippen LogP contribution is 2.53. The fourth-order valence-electron chi connectivity index (χ4n) is 4.31.